The summed E-state index contributed by atoms with van der Waals surface area (Å²) < 4.78 is 39.9. The molecule has 0 aromatic heterocycles. The van der Waals surface area contributed by atoms with Crippen LogP contribution in [0.3, 0.4) is 0 Å². The van der Waals surface area contributed by atoms with Gasteiger partial charge in [-0.15, -0.1) is 0 Å². The van der Waals surface area contributed by atoms with Crippen LogP contribution in [0.5, 0.6) is 0 Å². The van der Waals surface area contributed by atoms with Crippen LogP contribution in [0, 0.1) is 22.9 Å². The van der Waals surface area contributed by atoms with Crippen molar-refractivity contribution in [3.05, 3.63) is 33.6 Å². The van der Waals surface area contributed by atoms with Crippen LogP contribution in [-0.4, -0.2) is 30.2 Å². The third-order valence-electron chi connectivity index (χ3n) is 3.28. The molecule has 2 rings (SSSR count). The SMILES string of the molecule is CCN(C1CC1)S(=O)(=O)c1cc(C)c(F)c([N+](=O)[O-])c1. The van der Waals surface area contributed by atoms with E-state index in [1.54, 1.807) is 6.92 Å². The van der Waals surface area contributed by atoms with Gasteiger partial charge in [0.15, 0.2) is 0 Å². The van der Waals surface area contributed by atoms with Crippen LogP contribution < -0.4 is 0 Å². The van der Waals surface area contributed by atoms with Crippen LogP contribution in [0.4, 0.5) is 10.1 Å². The maximum Gasteiger partial charge on any atom is 0.306 e. The highest BCUT2D eigenvalue weighted by Crippen LogP contribution is 2.33. The molecule has 1 aliphatic rings. The summed E-state index contributed by atoms with van der Waals surface area (Å²) in [5.41, 5.74) is -0.861. The standard InChI is InChI=1S/C12H15FN2O4S/c1-3-14(9-4-5-9)20(18,19)10-6-8(2)12(13)11(7-10)15(16)17/h6-7,9H,3-5H2,1-2H3. The molecule has 0 amide bonds. The molecule has 1 aliphatic carbocycles. The van der Waals surface area contributed by atoms with Gasteiger partial charge in [-0.05, 0) is 31.4 Å². The van der Waals surface area contributed by atoms with Crippen LogP contribution in [-0.2, 0) is 10.0 Å². The van der Waals surface area contributed by atoms with Crippen molar-refractivity contribution in [1.82, 2.24) is 4.31 Å². The fourth-order valence-electron chi connectivity index (χ4n) is 2.12. The van der Waals surface area contributed by atoms with E-state index >= 15 is 0 Å². The highest BCUT2D eigenvalue weighted by molar-refractivity contribution is 7.89. The normalized spacial score (nSPS) is 15.6. The van der Waals surface area contributed by atoms with Crippen molar-refractivity contribution in [3.8, 4) is 0 Å². The van der Waals surface area contributed by atoms with Crippen molar-refractivity contribution in [2.24, 2.45) is 0 Å². The molecule has 0 aliphatic heterocycles. The lowest BCUT2D eigenvalue weighted by atomic mass is 10.2. The number of benzene rings is 1. The molecule has 0 N–H and O–H groups in total. The summed E-state index contributed by atoms with van der Waals surface area (Å²) >= 11 is 0. The highest BCUT2D eigenvalue weighted by Gasteiger charge is 2.38. The number of aryl methyl sites for hydroxylation is 1. The topological polar surface area (TPSA) is 80.5 Å². The third-order valence-corrected chi connectivity index (χ3v) is 5.28. The summed E-state index contributed by atoms with van der Waals surface area (Å²) in [6.45, 7) is 3.31. The maximum atomic E-state index is 13.6. The Hall–Kier alpha value is -1.54. The largest absolute Gasteiger partial charge is 0.306 e. The molecule has 1 saturated carbocycles. The first-order valence-electron chi connectivity index (χ1n) is 6.25. The number of nitro benzene ring substituents is 1. The summed E-state index contributed by atoms with van der Waals surface area (Å²) in [5, 5.41) is 10.8. The molecule has 8 heteroatoms. The summed E-state index contributed by atoms with van der Waals surface area (Å²) in [4.78, 5) is 9.66. The minimum absolute atomic E-state index is 0.0468. The number of sulfonamides is 1. The Labute approximate surface area is 116 Å². The van der Waals surface area contributed by atoms with E-state index in [1.807, 2.05) is 0 Å². The second-order valence-corrected chi connectivity index (χ2v) is 6.66. The number of nitrogens with zero attached hydrogens (tertiary/aromatic N) is 2. The molecule has 1 aromatic rings. The molecule has 0 spiro atoms. The molecule has 0 saturated heterocycles. The van der Waals surface area contributed by atoms with Gasteiger partial charge in [0.25, 0.3) is 0 Å². The van der Waals surface area contributed by atoms with E-state index in [0.29, 0.717) is 0 Å². The molecular formula is C12H15FN2O4S. The van der Waals surface area contributed by atoms with Crippen LogP contribution in [0.1, 0.15) is 25.3 Å². The smallest absolute Gasteiger partial charge is 0.258 e. The Kier molecular flexibility index (Phi) is 3.79. The highest BCUT2D eigenvalue weighted by atomic mass is 32.2. The van der Waals surface area contributed by atoms with Gasteiger partial charge >= 0.3 is 5.69 Å². The summed E-state index contributed by atoms with van der Waals surface area (Å²) in [6, 6.07) is 1.89. The fraction of sp³-hybridized carbons (Fsp3) is 0.500. The predicted octanol–water partition coefficient (Wildman–Crippen LogP) is 2.22. The molecule has 0 bridgehead atoms. The first-order valence-corrected chi connectivity index (χ1v) is 7.69. The Balaban J connectivity index is 2.54. The van der Waals surface area contributed by atoms with Gasteiger partial charge in [-0.2, -0.15) is 8.70 Å². The quantitative estimate of drug-likeness (QED) is 0.617. The first kappa shape index (κ1) is 14.9. The van der Waals surface area contributed by atoms with E-state index in [-0.39, 0.29) is 23.0 Å². The van der Waals surface area contributed by atoms with Crippen LogP contribution >= 0.6 is 0 Å². The molecular weight excluding hydrogens is 287 g/mol. The zero-order chi connectivity index (χ0) is 15.1. The van der Waals surface area contributed by atoms with E-state index < -0.39 is 26.5 Å². The van der Waals surface area contributed by atoms with Crippen molar-refractivity contribution in [2.75, 3.05) is 6.54 Å². The number of rotatable bonds is 5. The number of hydrogen-bond acceptors (Lipinski definition) is 4. The van der Waals surface area contributed by atoms with Gasteiger partial charge in [-0.25, -0.2) is 8.42 Å². The molecule has 1 fully saturated rings. The minimum atomic E-state index is -3.82. The van der Waals surface area contributed by atoms with E-state index in [4.69, 9.17) is 0 Å². The van der Waals surface area contributed by atoms with E-state index in [2.05, 4.69) is 0 Å². The zero-order valence-corrected chi connectivity index (χ0v) is 12.0. The van der Waals surface area contributed by atoms with E-state index in [9.17, 15) is 22.9 Å². The lowest BCUT2D eigenvalue weighted by molar-refractivity contribution is -0.387. The molecule has 1 aromatic carbocycles. The predicted molar refractivity (Wildman–Crippen MR) is 70.4 cm³/mol. The van der Waals surface area contributed by atoms with E-state index in [1.165, 1.54) is 11.2 Å². The molecule has 110 valence electrons. The van der Waals surface area contributed by atoms with Gasteiger partial charge in [0.2, 0.25) is 15.8 Å². The van der Waals surface area contributed by atoms with Gasteiger partial charge in [0.05, 0.1) is 9.82 Å². The van der Waals surface area contributed by atoms with Gasteiger partial charge in [0, 0.05) is 18.7 Å². The number of nitro groups is 1. The van der Waals surface area contributed by atoms with Gasteiger partial charge in [-0.3, -0.25) is 10.1 Å². The lowest BCUT2D eigenvalue weighted by Crippen LogP contribution is -2.33. The summed E-state index contributed by atoms with van der Waals surface area (Å²) in [5.74, 6) is -0.997. The Bertz CT molecular complexity index is 656. The first-order chi connectivity index (χ1) is 9.28. The third kappa shape index (κ3) is 2.53. The minimum Gasteiger partial charge on any atom is -0.258 e. The molecule has 0 atom stereocenters. The summed E-state index contributed by atoms with van der Waals surface area (Å²) in [7, 11) is -3.82. The fourth-order valence-corrected chi connectivity index (χ4v) is 3.92. The number of halogens is 1. The monoisotopic (exact) mass is 302 g/mol. The molecule has 0 radical (unpaired) electrons. The Morgan fingerprint density at radius 2 is 2.05 bits per heavy atom. The second-order valence-electron chi connectivity index (χ2n) is 4.77. The van der Waals surface area contributed by atoms with Crippen molar-refractivity contribution in [2.45, 2.75) is 37.6 Å². The molecule has 20 heavy (non-hydrogen) atoms. The Morgan fingerprint density at radius 1 is 1.45 bits per heavy atom. The molecule has 0 heterocycles. The van der Waals surface area contributed by atoms with Crippen LogP contribution in [0.2, 0.25) is 0 Å². The van der Waals surface area contributed by atoms with Crippen molar-refractivity contribution >= 4 is 15.7 Å². The van der Waals surface area contributed by atoms with Gasteiger partial charge < -0.3 is 0 Å². The molecule has 6 nitrogen and oxygen atoms in total. The van der Waals surface area contributed by atoms with Crippen LogP contribution in [0.15, 0.2) is 17.0 Å². The van der Waals surface area contributed by atoms with Crippen molar-refractivity contribution in [1.29, 1.82) is 0 Å². The van der Waals surface area contributed by atoms with Crippen LogP contribution in [0.25, 0.3) is 0 Å². The zero-order valence-electron chi connectivity index (χ0n) is 11.2. The average Bonchev–Trinajstić information content (AvgIpc) is 3.16. The van der Waals surface area contributed by atoms with Gasteiger partial charge in [-0.1, -0.05) is 6.92 Å². The van der Waals surface area contributed by atoms with E-state index in [0.717, 1.165) is 25.0 Å². The number of hydrogen-bond donors (Lipinski definition) is 0. The van der Waals surface area contributed by atoms with Crippen molar-refractivity contribution in [3.63, 3.8) is 0 Å². The lowest BCUT2D eigenvalue weighted by Gasteiger charge is -2.20. The second kappa shape index (κ2) is 5.10. The van der Waals surface area contributed by atoms with Crippen molar-refractivity contribution < 1.29 is 17.7 Å². The maximum absolute atomic E-state index is 13.6. The summed E-state index contributed by atoms with van der Waals surface area (Å²) in [6.07, 6.45) is 1.57. The molecule has 0 unspecified atom stereocenters. The Morgan fingerprint density at radius 3 is 2.50 bits per heavy atom. The van der Waals surface area contributed by atoms with Gasteiger partial charge in [0.1, 0.15) is 0 Å². The average molecular weight is 302 g/mol.